The number of nitrogens with one attached hydrogen (secondary N) is 2. The van der Waals surface area contributed by atoms with E-state index in [2.05, 4.69) is 32.6 Å². The predicted molar refractivity (Wildman–Crippen MR) is 266 cm³/mol. The van der Waals surface area contributed by atoms with Crippen LogP contribution in [0.4, 0.5) is 13.2 Å². The second-order valence-corrected chi connectivity index (χ2v) is 21.3. The molecule has 4 amide bonds. The van der Waals surface area contributed by atoms with Crippen LogP contribution in [0.5, 0.6) is 0 Å². The molecule has 7 rings (SSSR count). The third kappa shape index (κ3) is 12.2. The van der Waals surface area contributed by atoms with E-state index in [9.17, 15) is 37.1 Å². The van der Waals surface area contributed by atoms with Gasteiger partial charge in [-0.2, -0.15) is 13.2 Å². The number of halogens is 3. The molecule has 0 spiro atoms. The first-order chi connectivity index (χ1) is 34.3. The van der Waals surface area contributed by atoms with Crippen molar-refractivity contribution < 1.29 is 51.0 Å². The molecule has 6 bridgehead atoms. The molecule has 3 aromatic heterocycles. The fourth-order valence-electron chi connectivity index (χ4n) is 9.73. The molecule has 394 valence electrons. The van der Waals surface area contributed by atoms with Crippen LogP contribution in [0.3, 0.4) is 0 Å². The van der Waals surface area contributed by atoms with Crippen molar-refractivity contribution in [3.63, 3.8) is 0 Å². The number of carbonyl (C=O) groups excluding carboxylic acids is 5. The van der Waals surface area contributed by atoms with Crippen molar-refractivity contribution in [2.24, 2.45) is 17.3 Å². The molecule has 2 saturated heterocycles. The highest BCUT2D eigenvalue weighted by molar-refractivity contribution is 5.97. The van der Waals surface area contributed by atoms with Crippen molar-refractivity contribution in [2.75, 3.05) is 54.5 Å². The van der Waals surface area contributed by atoms with Crippen molar-refractivity contribution in [3.8, 4) is 34.4 Å². The minimum atomic E-state index is -4.62. The van der Waals surface area contributed by atoms with E-state index in [1.165, 1.54) is 34.8 Å². The Morgan fingerprint density at radius 2 is 1.79 bits per heavy atom. The van der Waals surface area contributed by atoms with E-state index < -0.39 is 77.5 Å². The number of cyclic esters (lactones) is 1. The summed E-state index contributed by atoms with van der Waals surface area (Å²) in [5.41, 5.74) is 4.16. The number of amides is 4. The zero-order valence-corrected chi connectivity index (χ0v) is 43.6. The summed E-state index contributed by atoms with van der Waals surface area (Å²) >= 11 is 0. The monoisotopic (exact) mass is 1020 g/mol. The molecule has 2 fully saturated rings. The number of likely N-dealkylation sites (N-methyl/N-ethyl adjacent to an activating group) is 1. The standard InChI is InChI=1S/C53H68F3N9O8/c1-31(2)45(62(10)48(68)34-19-23-63(28-34)43(66)18-20-52(6,7)61(8)9)47(67)59-39-25-42-58-27-41(73-42)33-16-17-40-36(24-33)37(26-51(4,5)30-72-50(70)38-15-13-22-65(60-38)49(39)69)46(64(40)29-53(54,55)56)35-14-12-21-57-44(35)32(3)71-11/h12,14,16-17,21,24,27,31-32,34,38-39,45,60H,13,15,19,22-23,25-26,28-30H2,1-11H3,(H,59,67)/t32-,34-,38-,39-,45-/m0/s1. The molecule has 0 saturated carbocycles. The van der Waals surface area contributed by atoms with Crippen molar-refractivity contribution in [1.29, 1.82) is 0 Å². The van der Waals surface area contributed by atoms with Crippen LogP contribution in [0, 0.1) is 29.1 Å². The zero-order chi connectivity index (χ0) is 53.3. The molecule has 17 nitrogen and oxygen atoms in total. The van der Waals surface area contributed by atoms with Crippen LogP contribution in [0.25, 0.3) is 33.5 Å². The number of benzene rings is 1. The molecule has 0 aliphatic carbocycles. The second-order valence-electron chi connectivity index (χ2n) is 21.3. The summed E-state index contributed by atoms with van der Waals surface area (Å²) in [5, 5.41) is 4.67. The van der Waals surface area contributed by atoms with Gasteiger partial charge in [0, 0.05) is 67.4 Å². The van der Waals surface area contributed by atoms with E-state index in [1.807, 2.05) is 46.7 Å². The number of methoxy groups -OCH3 is 1. The third-order valence-electron chi connectivity index (χ3n) is 14.2. The maximum atomic E-state index is 14.7. The number of aromatic nitrogens is 3. The van der Waals surface area contributed by atoms with Gasteiger partial charge in [-0.25, -0.2) is 10.4 Å². The zero-order valence-electron chi connectivity index (χ0n) is 43.6. The van der Waals surface area contributed by atoms with E-state index in [1.54, 1.807) is 62.2 Å². The summed E-state index contributed by atoms with van der Waals surface area (Å²) in [6, 6.07) is 5.07. The van der Waals surface area contributed by atoms with Crippen molar-refractivity contribution >= 4 is 40.5 Å². The quantitative estimate of drug-likeness (QED) is 0.141. The first-order valence-electron chi connectivity index (χ1n) is 24.7. The summed E-state index contributed by atoms with van der Waals surface area (Å²) in [6.07, 6.45) is -1.13. The molecule has 5 atom stereocenters. The molecule has 1 aromatic carbocycles. The lowest BCUT2D eigenvalue weighted by atomic mass is 9.84. The molecule has 3 aliphatic rings. The molecule has 2 N–H and O–H groups in total. The summed E-state index contributed by atoms with van der Waals surface area (Å²) in [6.45, 7) is 12.1. The van der Waals surface area contributed by atoms with E-state index >= 15 is 0 Å². The fraction of sp³-hybridized carbons (Fsp3) is 0.566. The number of carbonyl (C=O) groups is 5. The number of oxazole rings is 1. The number of hydrazine groups is 1. The fourth-order valence-corrected chi connectivity index (χ4v) is 9.73. The largest absolute Gasteiger partial charge is 0.464 e. The van der Waals surface area contributed by atoms with Gasteiger partial charge in [-0.15, -0.1) is 0 Å². The minimum absolute atomic E-state index is 0.0615. The molecule has 3 aliphatic heterocycles. The van der Waals surface area contributed by atoms with E-state index in [0.29, 0.717) is 64.8 Å². The Hall–Kier alpha value is -6.30. The first-order valence-corrected chi connectivity index (χ1v) is 24.7. The van der Waals surface area contributed by atoms with Gasteiger partial charge in [0.25, 0.3) is 11.8 Å². The van der Waals surface area contributed by atoms with Gasteiger partial charge in [0.2, 0.25) is 11.8 Å². The molecule has 20 heteroatoms. The summed E-state index contributed by atoms with van der Waals surface area (Å²) in [5.74, 6) is 2.46. The van der Waals surface area contributed by atoms with Crippen molar-refractivity contribution in [2.45, 2.75) is 123 Å². The van der Waals surface area contributed by atoms with Crippen LogP contribution in [0.2, 0.25) is 0 Å². The Kier molecular flexibility index (Phi) is 16.2. The Morgan fingerprint density at radius 1 is 1.05 bits per heavy atom. The van der Waals surface area contributed by atoms with E-state index in [0.717, 1.165) is 0 Å². The lowest BCUT2D eigenvalue weighted by Gasteiger charge is -2.36. The normalized spacial score (nSPS) is 20.6. The van der Waals surface area contributed by atoms with Crippen LogP contribution in [-0.2, 0) is 52.8 Å². The van der Waals surface area contributed by atoms with E-state index in [-0.39, 0.29) is 56.0 Å². The molecule has 0 unspecified atom stereocenters. The maximum absolute atomic E-state index is 14.7. The predicted octanol–water partition coefficient (Wildman–Crippen LogP) is 5.95. The number of ether oxygens (including phenoxy) is 2. The molecular weight excluding hydrogens is 948 g/mol. The SMILES string of the molecule is CO[C@@H](C)c1ncccc1-c1c2c3cc(ccc3n1CC(F)(F)F)-c1cnc(o1)C[C@H](NC(=O)[C@H](C(C)C)N(C)C(=O)[C@H]1CCN(C(=O)C#CC(C)(C)N(C)C)C1)C(=O)N1CCC[C@H](N1)C(=O)OCC(C)(C)C2. The van der Waals surface area contributed by atoms with Crippen LogP contribution in [-0.4, -0.2) is 148 Å². The van der Waals surface area contributed by atoms with Gasteiger partial charge < -0.3 is 33.6 Å². The number of esters is 1. The first kappa shape index (κ1) is 54.5. The summed E-state index contributed by atoms with van der Waals surface area (Å²) < 4.78 is 63.2. The number of likely N-dealkylation sites (tertiary alicyclic amines) is 1. The lowest BCUT2D eigenvalue weighted by Crippen LogP contribution is -2.62. The number of alkyl halides is 3. The number of fused-ring (bicyclic) bond motifs is 6. The van der Waals surface area contributed by atoms with E-state index in [4.69, 9.17) is 13.9 Å². The number of pyridine rings is 1. The van der Waals surface area contributed by atoms with Gasteiger partial charge >= 0.3 is 12.1 Å². The topological polar surface area (TPSA) is 185 Å². The average Bonchev–Trinajstić information content (AvgIpc) is 4.09. The second kappa shape index (κ2) is 21.7. The lowest BCUT2D eigenvalue weighted by molar-refractivity contribution is -0.155. The smallest absolute Gasteiger partial charge is 0.406 e. The van der Waals surface area contributed by atoms with Gasteiger partial charge in [0.05, 0.1) is 48.2 Å². The van der Waals surface area contributed by atoms with Crippen LogP contribution >= 0.6 is 0 Å². The van der Waals surface area contributed by atoms with Crippen LogP contribution < -0.4 is 10.7 Å². The Labute approximate surface area is 424 Å². The molecule has 6 heterocycles. The molecule has 0 radical (unpaired) electrons. The molecule has 4 aromatic rings. The highest BCUT2D eigenvalue weighted by atomic mass is 19.4. The van der Waals surface area contributed by atoms with Gasteiger partial charge in [-0.1, -0.05) is 33.6 Å². The van der Waals surface area contributed by atoms with Crippen molar-refractivity contribution in [3.05, 3.63) is 59.9 Å². The summed E-state index contributed by atoms with van der Waals surface area (Å²) in [7, 11) is 6.78. The third-order valence-corrected chi connectivity index (χ3v) is 14.2. The van der Waals surface area contributed by atoms with Gasteiger partial charge in [-0.3, -0.25) is 38.9 Å². The Bertz CT molecular complexity index is 2790. The van der Waals surface area contributed by atoms with Gasteiger partial charge in [-0.05, 0) is 108 Å². The maximum Gasteiger partial charge on any atom is 0.406 e. The molecule has 73 heavy (non-hydrogen) atoms. The highest BCUT2D eigenvalue weighted by Gasteiger charge is 2.41. The number of rotatable bonds is 10. The van der Waals surface area contributed by atoms with Crippen LogP contribution in [0.15, 0.2) is 47.1 Å². The van der Waals surface area contributed by atoms with Gasteiger partial charge in [0.1, 0.15) is 24.7 Å². The Morgan fingerprint density at radius 3 is 2.48 bits per heavy atom. The minimum Gasteiger partial charge on any atom is -0.464 e. The van der Waals surface area contributed by atoms with Gasteiger partial charge in [0.15, 0.2) is 11.7 Å². The number of hydrogen-bond acceptors (Lipinski definition) is 12. The number of hydrogen-bond donors (Lipinski definition) is 2. The van der Waals surface area contributed by atoms with Crippen molar-refractivity contribution in [1.82, 2.24) is 45.0 Å². The molecular formula is C53H68F3N9O8. The number of nitrogens with zero attached hydrogens (tertiary/aromatic N) is 7. The Balaban J connectivity index is 1.24. The highest BCUT2D eigenvalue weighted by Crippen LogP contribution is 2.43. The van der Waals surface area contributed by atoms with Crippen LogP contribution in [0.1, 0.15) is 91.0 Å². The summed E-state index contributed by atoms with van der Waals surface area (Å²) in [4.78, 5) is 84.2. The average molecular weight is 1020 g/mol.